The molecule has 1 heterocycles. The van der Waals surface area contributed by atoms with Gasteiger partial charge in [-0.25, -0.2) is 14.4 Å². The Labute approximate surface area is 99.0 Å². The summed E-state index contributed by atoms with van der Waals surface area (Å²) in [4.78, 5) is 16.6. The molecule has 8 heteroatoms. The summed E-state index contributed by atoms with van der Waals surface area (Å²) >= 11 is 0. The second-order valence-corrected chi connectivity index (χ2v) is 3.15. The van der Waals surface area contributed by atoms with E-state index in [1.165, 1.54) is 0 Å². The van der Waals surface area contributed by atoms with Crippen LogP contribution in [0.5, 0.6) is 11.6 Å². The van der Waals surface area contributed by atoms with Crippen LogP contribution in [-0.2, 0) is 0 Å². The third-order valence-corrected chi connectivity index (χ3v) is 1.94. The van der Waals surface area contributed by atoms with Gasteiger partial charge in [-0.05, 0) is 12.1 Å². The maximum atomic E-state index is 12.9. The molecule has 0 fully saturated rings. The van der Waals surface area contributed by atoms with Crippen molar-refractivity contribution in [2.24, 2.45) is 0 Å². The quantitative estimate of drug-likeness (QED) is 0.477. The Bertz CT molecular complexity index is 607. The van der Waals surface area contributed by atoms with Crippen LogP contribution in [0.2, 0.25) is 0 Å². The summed E-state index contributed by atoms with van der Waals surface area (Å²) < 4.78 is 30.6. The normalized spacial score (nSPS) is 10.1. The van der Waals surface area contributed by atoms with Gasteiger partial charge >= 0.3 is 5.69 Å². The number of halogens is 2. The van der Waals surface area contributed by atoms with Gasteiger partial charge < -0.3 is 4.74 Å². The number of nitrogens with zero attached hydrogens (tertiary/aromatic N) is 3. The largest absolute Gasteiger partial charge is 0.432 e. The maximum Gasteiger partial charge on any atom is 0.314 e. The summed E-state index contributed by atoms with van der Waals surface area (Å²) in [5, 5.41) is 10.7. The first-order valence-corrected chi connectivity index (χ1v) is 4.65. The van der Waals surface area contributed by atoms with Gasteiger partial charge in [-0.3, -0.25) is 10.1 Å². The summed E-state index contributed by atoms with van der Waals surface area (Å²) in [5.41, 5.74) is -0.575. The predicted molar refractivity (Wildman–Crippen MR) is 55.1 cm³/mol. The molecule has 0 saturated heterocycles. The van der Waals surface area contributed by atoms with Crippen molar-refractivity contribution in [3.05, 3.63) is 52.5 Å². The van der Waals surface area contributed by atoms with Gasteiger partial charge in [0.15, 0.2) is 0 Å². The Hall–Kier alpha value is -2.64. The molecular formula is C10H5F2N3O3. The molecule has 0 aliphatic heterocycles. The van der Waals surface area contributed by atoms with Gasteiger partial charge in [0, 0.05) is 0 Å². The van der Waals surface area contributed by atoms with Gasteiger partial charge in [-0.2, -0.15) is 4.39 Å². The van der Waals surface area contributed by atoms with Gasteiger partial charge in [-0.15, -0.1) is 0 Å². The van der Waals surface area contributed by atoms with Crippen molar-refractivity contribution in [3.63, 3.8) is 0 Å². The maximum absolute atomic E-state index is 12.9. The SMILES string of the molecule is O=[N+]([O-])c1cc(F)ccc1Oc1cc(F)ncn1. The zero-order chi connectivity index (χ0) is 13.1. The van der Waals surface area contributed by atoms with Crippen molar-refractivity contribution < 1.29 is 18.4 Å². The molecule has 0 atom stereocenters. The van der Waals surface area contributed by atoms with Crippen LogP contribution >= 0.6 is 0 Å². The fourth-order valence-electron chi connectivity index (χ4n) is 1.21. The summed E-state index contributed by atoms with van der Waals surface area (Å²) in [6.07, 6.45) is 0.903. The highest BCUT2D eigenvalue weighted by Gasteiger charge is 2.17. The predicted octanol–water partition coefficient (Wildman–Crippen LogP) is 2.46. The van der Waals surface area contributed by atoms with Crippen LogP contribution < -0.4 is 4.74 Å². The molecule has 2 rings (SSSR count). The van der Waals surface area contributed by atoms with Crippen molar-refractivity contribution in [1.82, 2.24) is 9.97 Å². The van der Waals surface area contributed by atoms with Crippen LogP contribution in [0.15, 0.2) is 30.6 Å². The number of aromatic nitrogens is 2. The first-order chi connectivity index (χ1) is 8.56. The van der Waals surface area contributed by atoms with E-state index in [1.807, 2.05) is 0 Å². The molecule has 1 aromatic heterocycles. The molecule has 92 valence electrons. The molecule has 1 aromatic carbocycles. The summed E-state index contributed by atoms with van der Waals surface area (Å²) in [6.45, 7) is 0. The number of rotatable bonds is 3. The molecule has 0 N–H and O–H groups in total. The first-order valence-electron chi connectivity index (χ1n) is 4.65. The molecular weight excluding hydrogens is 248 g/mol. The summed E-state index contributed by atoms with van der Waals surface area (Å²) in [6, 6.07) is 3.60. The average Bonchev–Trinajstić information content (AvgIpc) is 2.31. The number of ether oxygens (including phenoxy) is 1. The Morgan fingerprint density at radius 2 is 2.00 bits per heavy atom. The van der Waals surface area contributed by atoms with E-state index in [0.29, 0.717) is 6.07 Å². The molecule has 6 nitrogen and oxygen atoms in total. The third kappa shape index (κ3) is 2.54. The Balaban J connectivity index is 2.37. The fraction of sp³-hybridized carbons (Fsp3) is 0. The lowest BCUT2D eigenvalue weighted by Crippen LogP contribution is -1.96. The van der Waals surface area contributed by atoms with Gasteiger partial charge in [0.25, 0.3) is 0 Å². The minimum atomic E-state index is -0.843. The molecule has 18 heavy (non-hydrogen) atoms. The highest BCUT2D eigenvalue weighted by molar-refractivity contribution is 5.47. The third-order valence-electron chi connectivity index (χ3n) is 1.94. The van der Waals surface area contributed by atoms with Crippen molar-refractivity contribution in [2.75, 3.05) is 0 Å². The van der Waals surface area contributed by atoms with Crippen LogP contribution in [0.1, 0.15) is 0 Å². The first kappa shape index (κ1) is 11.8. The van der Waals surface area contributed by atoms with Crippen molar-refractivity contribution in [2.45, 2.75) is 0 Å². The standard InChI is InChI=1S/C10H5F2N3O3/c11-6-1-2-8(7(3-6)15(16)17)18-10-4-9(12)13-5-14-10/h1-5H. The molecule has 0 aliphatic rings. The van der Waals surface area contributed by atoms with Crippen LogP contribution in [0.25, 0.3) is 0 Å². The minimum absolute atomic E-state index is 0.211. The number of hydrogen-bond donors (Lipinski definition) is 0. The van der Waals surface area contributed by atoms with Crippen LogP contribution in [0, 0.1) is 21.9 Å². The van der Waals surface area contributed by atoms with E-state index in [-0.39, 0.29) is 11.6 Å². The van der Waals surface area contributed by atoms with Gasteiger partial charge in [0.2, 0.25) is 17.6 Å². The number of hydrogen-bond acceptors (Lipinski definition) is 5. The van der Waals surface area contributed by atoms with Crippen molar-refractivity contribution in [1.29, 1.82) is 0 Å². The molecule has 0 unspecified atom stereocenters. The van der Waals surface area contributed by atoms with E-state index in [1.54, 1.807) is 0 Å². The zero-order valence-electron chi connectivity index (χ0n) is 8.71. The van der Waals surface area contributed by atoms with Crippen LogP contribution in [0.4, 0.5) is 14.5 Å². The monoisotopic (exact) mass is 253 g/mol. The van der Waals surface area contributed by atoms with E-state index < -0.39 is 22.4 Å². The molecule has 0 bridgehead atoms. The minimum Gasteiger partial charge on any atom is -0.432 e. The summed E-state index contributed by atoms with van der Waals surface area (Å²) in [7, 11) is 0. The van der Waals surface area contributed by atoms with Crippen molar-refractivity contribution in [3.8, 4) is 11.6 Å². The molecule has 0 saturated carbocycles. The highest BCUT2D eigenvalue weighted by atomic mass is 19.1. The molecule has 0 aliphatic carbocycles. The topological polar surface area (TPSA) is 78.2 Å². The average molecular weight is 253 g/mol. The molecule has 0 amide bonds. The van der Waals surface area contributed by atoms with Gasteiger partial charge in [0.05, 0.1) is 17.1 Å². The zero-order valence-corrected chi connectivity index (χ0v) is 8.71. The molecule has 0 radical (unpaired) electrons. The lowest BCUT2D eigenvalue weighted by Gasteiger charge is -2.04. The highest BCUT2D eigenvalue weighted by Crippen LogP contribution is 2.30. The smallest absolute Gasteiger partial charge is 0.314 e. The number of nitro benzene ring substituents is 1. The lowest BCUT2D eigenvalue weighted by molar-refractivity contribution is -0.385. The summed E-state index contributed by atoms with van der Waals surface area (Å²) in [5.74, 6) is -2.07. The Morgan fingerprint density at radius 3 is 2.67 bits per heavy atom. The van der Waals surface area contributed by atoms with E-state index in [9.17, 15) is 18.9 Å². The molecule has 0 spiro atoms. The Morgan fingerprint density at radius 1 is 1.22 bits per heavy atom. The van der Waals surface area contributed by atoms with E-state index >= 15 is 0 Å². The second-order valence-electron chi connectivity index (χ2n) is 3.15. The van der Waals surface area contributed by atoms with Crippen LogP contribution in [0.3, 0.4) is 0 Å². The van der Waals surface area contributed by atoms with E-state index in [0.717, 1.165) is 24.5 Å². The fourth-order valence-corrected chi connectivity index (χ4v) is 1.21. The van der Waals surface area contributed by atoms with E-state index in [4.69, 9.17) is 4.74 Å². The lowest BCUT2D eigenvalue weighted by atomic mass is 10.3. The molecule has 2 aromatic rings. The van der Waals surface area contributed by atoms with Gasteiger partial charge in [-0.1, -0.05) is 0 Å². The van der Waals surface area contributed by atoms with Crippen LogP contribution in [-0.4, -0.2) is 14.9 Å². The Kier molecular flexibility index (Phi) is 3.09. The van der Waals surface area contributed by atoms with Crippen molar-refractivity contribution >= 4 is 5.69 Å². The van der Waals surface area contributed by atoms with E-state index in [2.05, 4.69) is 9.97 Å². The number of benzene rings is 1. The number of nitro groups is 1. The second kappa shape index (κ2) is 4.70. The van der Waals surface area contributed by atoms with Gasteiger partial charge in [0.1, 0.15) is 12.1 Å².